The number of hydrogen-bond donors (Lipinski definition) is 1. The van der Waals surface area contributed by atoms with E-state index in [2.05, 4.69) is 15.3 Å². The fraction of sp³-hybridized carbons (Fsp3) is 0.0667. The van der Waals surface area contributed by atoms with E-state index in [4.69, 9.17) is 23.2 Å². The highest BCUT2D eigenvalue weighted by Gasteiger charge is 2.03. The van der Waals surface area contributed by atoms with Crippen molar-refractivity contribution in [1.29, 1.82) is 0 Å². The summed E-state index contributed by atoms with van der Waals surface area (Å²) in [6.45, 7) is 0. The third-order valence-electron chi connectivity index (χ3n) is 2.66. The monoisotopic (exact) mass is 322 g/mol. The Morgan fingerprint density at radius 3 is 2.48 bits per heavy atom. The molecule has 2 rings (SSSR count). The molecule has 0 aromatic heterocycles. The smallest absolute Gasteiger partial charge is 0.337 e. The first-order valence-electron chi connectivity index (χ1n) is 6.02. The second-order valence-corrected chi connectivity index (χ2v) is 4.93. The largest absolute Gasteiger partial charge is 0.465 e. The van der Waals surface area contributed by atoms with Gasteiger partial charge in [-0.25, -0.2) is 4.79 Å². The molecular weight excluding hydrogens is 311 g/mol. The molecule has 0 unspecified atom stereocenters. The minimum atomic E-state index is -0.368. The number of ether oxygens (including phenoxy) is 1. The highest BCUT2D eigenvalue weighted by molar-refractivity contribution is 6.42. The van der Waals surface area contributed by atoms with Crippen molar-refractivity contribution in [2.75, 3.05) is 12.5 Å². The molecule has 0 aliphatic carbocycles. The molecule has 0 atom stereocenters. The second kappa shape index (κ2) is 7.11. The Balaban J connectivity index is 2.01. The molecular formula is C15H12Cl2N2O2. The van der Waals surface area contributed by atoms with E-state index in [0.29, 0.717) is 15.6 Å². The highest BCUT2D eigenvalue weighted by Crippen LogP contribution is 2.24. The van der Waals surface area contributed by atoms with E-state index in [0.717, 1.165) is 11.3 Å². The lowest BCUT2D eigenvalue weighted by Gasteiger charge is -2.02. The maximum atomic E-state index is 11.3. The Morgan fingerprint density at radius 1 is 1.14 bits per heavy atom. The fourth-order valence-corrected chi connectivity index (χ4v) is 1.87. The molecule has 0 fully saturated rings. The lowest BCUT2D eigenvalue weighted by molar-refractivity contribution is 0.0601. The zero-order valence-corrected chi connectivity index (χ0v) is 12.7. The summed E-state index contributed by atoms with van der Waals surface area (Å²) in [5.74, 6) is -0.368. The first-order valence-corrected chi connectivity index (χ1v) is 6.78. The van der Waals surface area contributed by atoms with Crippen LogP contribution in [0.1, 0.15) is 15.9 Å². The summed E-state index contributed by atoms with van der Waals surface area (Å²) in [5.41, 5.74) is 4.91. The van der Waals surface area contributed by atoms with E-state index in [1.165, 1.54) is 7.11 Å². The summed E-state index contributed by atoms with van der Waals surface area (Å²) in [6.07, 6.45) is 1.63. The van der Waals surface area contributed by atoms with E-state index >= 15 is 0 Å². The third kappa shape index (κ3) is 4.21. The zero-order chi connectivity index (χ0) is 15.2. The Bertz CT molecular complexity index is 670. The lowest BCUT2D eigenvalue weighted by atomic mass is 10.1. The number of hydrogen-bond acceptors (Lipinski definition) is 4. The van der Waals surface area contributed by atoms with Crippen LogP contribution in [-0.2, 0) is 4.74 Å². The molecule has 0 saturated heterocycles. The zero-order valence-electron chi connectivity index (χ0n) is 11.1. The minimum Gasteiger partial charge on any atom is -0.465 e. The van der Waals surface area contributed by atoms with Gasteiger partial charge in [0.05, 0.1) is 34.6 Å². The minimum absolute atomic E-state index is 0.368. The molecule has 0 aliphatic heterocycles. The van der Waals surface area contributed by atoms with Crippen molar-refractivity contribution in [2.24, 2.45) is 5.10 Å². The number of nitrogens with one attached hydrogen (secondary N) is 1. The van der Waals surface area contributed by atoms with Gasteiger partial charge < -0.3 is 4.74 Å². The van der Waals surface area contributed by atoms with Gasteiger partial charge in [0.25, 0.3) is 0 Å². The molecule has 6 heteroatoms. The molecule has 0 amide bonds. The van der Waals surface area contributed by atoms with Crippen LogP contribution in [0.4, 0.5) is 5.69 Å². The number of rotatable bonds is 4. The molecule has 2 aromatic carbocycles. The number of esters is 1. The number of carbonyl (C=O) groups is 1. The number of anilines is 1. The maximum Gasteiger partial charge on any atom is 0.337 e. The van der Waals surface area contributed by atoms with Crippen molar-refractivity contribution in [3.05, 3.63) is 63.6 Å². The van der Waals surface area contributed by atoms with Crippen molar-refractivity contribution >= 4 is 41.1 Å². The fourth-order valence-electron chi connectivity index (χ4n) is 1.57. The number of nitrogens with zero attached hydrogens (tertiary/aromatic N) is 1. The standard InChI is InChI=1S/C15H12Cl2N2O2/c1-21-15(20)11-4-2-10(3-5-11)9-18-19-12-6-7-13(16)14(17)8-12/h2-9,19H,1H3. The molecule has 0 bridgehead atoms. The predicted molar refractivity (Wildman–Crippen MR) is 85.5 cm³/mol. The summed E-state index contributed by atoms with van der Waals surface area (Å²) < 4.78 is 4.63. The van der Waals surface area contributed by atoms with Gasteiger partial charge in [-0.2, -0.15) is 5.10 Å². The summed E-state index contributed by atoms with van der Waals surface area (Å²) in [4.78, 5) is 11.3. The number of halogens is 2. The topological polar surface area (TPSA) is 50.7 Å². The first kappa shape index (κ1) is 15.4. The lowest BCUT2D eigenvalue weighted by Crippen LogP contribution is -2.00. The van der Waals surface area contributed by atoms with Crippen molar-refractivity contribution in [1.82, 2.24) is 0 Å². The van der Waals surface area contributed by atoms with Crippen LogP contribution in [0.15, 0.2) is 47.6 Å². The van der Waals surface area contributed by atoms with E-state index in [9.17, 15) is 4.79 Å². The highest BCUT2D eigenvalue weighted by atomic mass is 35.5. The summed E-state index contributed by atoms with van der Waals surface area (Å²) in [6, 6.07) is 12.0. The molecule has 108 valence electrons. The molecule has 0 aliphatic rings. The van der Waals surface area contributed by atoms with E-state index in [1.807, 2.05) is 0 Å². The van der Waals surface area contributed by atoms with Crippen molar-refractivity contribution < 1.29 is 9.53 Å². The van der Waals surface area contributed by atoms with Gasteiger partial charge in [-0.1, -0.05) is 35.3 Å². The molecule has 0 saturated carbocycles. The van der Waals surface area contributed by atoms with Crippen molar-refractivity contribution in [2.45, 2.75) is 0 Å². The van der Waals surface area contributed by atoms with Gasteiger partial charge >= 0.3 is 5.97 Å². The first-order chi connectivity index (χ1) is 10.1. The van der Waals surface area contributed by atoms with Gasteiger partial charge in [0, 0.05) is 0 Å². The van der Waals surface area contributed by atoms with Crippen LogP contribution in [0, 0.1) is 0 Å². The SMILES string of the molecule is COC(=O)c1ccc(C=NNc2ccc(Cl)c(Cl)c2)cc1. The quantitative estimate of drug-likeness (QED) is 0.520. The van der Waals surface area contributed by atoms with Gasteiger partial charge in [-0.15, -0.1) is 0 Å². The van der Waals surface area contributed by atoms with E-state index in [1.54, 1.807) is 48.7 Å². The third-order valence-corrected chi connectivity index (χ3v) is 3.40. The Morgan fingerprint density at radius 2 is 1.86 bits per heavy atom. The number of benzene rings is 2. The second-order valence-electron chi connectivity index (χ2n) is 4.11. The normalized spacial score (nSPS) is 10.6. The van der Waals surface area contributed by atoms with Gasteiger partial charge in [0.15, 0.2) is 0 Å². The number of carbonyl (C=O) groups excluding carboxylic acids is 1. The number of hydrazone groups is 1. The van der Waals surface area contributed by atoms with Gasteiger partial charge in [0.2, 0.25) is 0 Å². The average molecular weight is 323 g/mol. The maximum absolute atomic E-state index is 11.3. The van der Waals surface area contributed by atoms with Crippen molar-refractivity contribution in [3.8, 4) is 0 Å². The van der Waals surface area contributed by atoms with Gasteiger partial charge in [-0.05, 0) is 35.9 Å². The van der Waals surface area contributed by atoms with Crippen LogP contribution < -0.4 is 5.43 Å². The molecule has 1 N–H and O–H groups in total. The van der Waals surface area contributed by atoms with Crippen LogP contribution in [0.2, 0.25) is 10.0 Å². The predicted octanol–water partition coefficient (Wildman–Crippen LogP) is 4.23. The van der Waals surface area contributed by atoms with Crippen LogP contribution in [0.25, 0.3) is 0 Å². The van der Waals surface area contributed by atoms with Crippen LogP contribution >= 0.6 is 23.2 Å². The molecule has 0 spiro atoms. The molecule has 0 radical (unpaired) electrons. The van der Waals surface area contributed by atoms with Crippen molar-refractivity contribution in [3.63, 3.8) is 0 Å². The molecule has 2 aromatic rings. The van der Waals surface area contributed by atoms with Crippen LogP contribution in [0.3, 0.4) is 0 Å². The van der Waals surface area contributed by atoms with Crippen LogP contribution in [-0.4, -0.2) is 19.3 Å². The molecule has 21 heavy (non-hydrogen) atoms. The summed E-state index contributed by atoms with van der Waals surface area (Å²) in [5, 5.41) is 5.03. The van der Waals surface area contributed by atoms with E-state index < -0.39 is 0 Å². The average Bonchev–Trinajstić information content (AvgIpc) is 2.51. The molecule has 4 nitrogen and oxygen atoms in total. The Kier molecular flexibility index (Phi) is 5.20. The van der Waals surface area contributed by atoms with Gasteiger partial charge in [0.1, 0.15) is 0 Å². The summed E-state index contributed by atoms with van der Waals surface area (Å²) >= 11 is 11.7. The molecule has 0 heterocycles. The summed E-state index contributed by atoms with van der Waals surface area (Å²) in [7, 11) is 1.35. The van der Waals surface area contributed by atoms with Gasteiger partial charge in [-0.3, -0.25) is 5.43 Å². The number of methoxy groups -OCH3 is 1. The van der Waals surface area contributed by atoms with E-state index in [-0.39, 0.29) is 5.97 Å². The Labute approximate surface area is 132 Å². The van der Waals surface area contributed by atoms with Crippen LogP contribution in [0.5, 0.6) is 0 Å². The Hall–Kier alpha value is -2.04.